The van der Waals surface area contributed by atoms with Crippen molar-refractivity contribution in [3.8, 4) is 0 Å². The Bertz CT molecular complexity index is 499. The quantitative estimate of drug-likeness (QED) is 0.848. The first kappa shape index (κ1) is 14.5. The Morgan fingerprint density at radius 2 is 1.89 bits per heavy atom. The van der Waals surface area contributed by atoms with Crippen molar-refractivity contribution in [2.45, 2.75) is 26.4 Å². The lowest BCUT2D eigenvalue weighted by molar-refractivity contribution is 0.199. The minimum absolute atomic E-state index is 0.126. The van der Waals surface area contributed by atoms with Gasteiger partial charge in [0.2, 0.25) is 0 Å². The summed E-state index contributed by atoms with van der Waals surface area (Å²) in [5.74, 6) is 0. The van der Waals surface area contributed by atoms with Gasteiger partial charge in [-0.15, -0.1) is 0 Å². The molecular formula is C11H16N2O4S. The fourth-order valence-corrected chi connectivity index (χ4v) is 2.69. The second kappa shape index (κ2) is 5.83. The molecule has 0 aromatic heterocycles. The Morgan fingerprint density at radius 3 is 2.33 bits per heavy atom. The fourth-order valence-electron chi connectivity index (χ4n) is 1.48. The molecule has 0 atom stereocenters. The maximum absolute atomic E-state index is 11.8. The Labute approximate surface area is 106 Å². The molecule has 0 unspecified atom stereocenters. The standard InChI is InChI=1S/C11H16N2O4S/c1-9(2)13(18(16,17)12-11(14)15)8-10-6-4-3-5-7-10/h3-7,9,12H,8H2,1-2H3,(H,14,15). The van der Waals surface area contributed by atoms with Crippen LogP contribution in [-0.4, -0.2) is 30.0 Å². The van der Waals surface area contributed by atoms with Crippen molar-refractivity contribution in [3.63, 3.8) is 0 Å². The summed E-state index contributed by atoms with van der Waals surface area (Å²) in [6.07, 6.45) is -1.59. The van der Waals surface area contributed by atoms with E-state index in [-0.39, 0.29) is 12.6 Å². The summed E-state index contributed by atoms with van der Waals surface area (Å²) in [5, 5.41) is 8.53. The van der Waals surface area contributed by atoms with Crippen LogP contribution < -0.4 is 4.72 Å². The van der Waals surface area contributed by atoms with Crippen LogP contribution >= 0.6 is 0 Å². The van der Waals surface area contributed by atoms with Crippen molar-refractivity contribution in [1.82, 2.24) is 9.03 Å². The van der Waals surface area contributed by atoms with Crippen LogP contribution in [0.4, 0.5) is 4.79 Å². The molecule has 1 rings (SSSR count). The van der Waals surface area contributed by atoms with Crippen LogP contribution in [0, 0.1) is 0 Å². The van der Waals surface area contributed by atoms with E-state index >= 15 is 0 Å². The molecular weight excluding hydrogens is 256 g/mol. The number of carboxylic acid groups (broad SMARTS) is 1. The average Bonchev–Trinajstić information content (AvgIpc) is 2.25. The van der Waals surface area contributed by atoms with Gasteiger partial charge in [0.15, 0.2) is 0 Å². The third-order valence-corrected chi connectivity index (χ3v) is 3.88. The van der Waals surface area contributed by atoms with Gasteiger partial charge < -0.3 is 5.11 Å². The molecule has 0 saturated carbocycles. The van der Waals surface area contributed by atoms with Crippen LogP contribution in [0.15, 0.2) is 30.3 Å². The van der Waals surface area contributed by atoms with Crippen LogP contribution in [0.1, 0.15) is 19.4 Å². The fraction of sp³-hybridized carbons (Fsp3) is 0.364. The van der Waals surface area contributed by atoms with Crippen LogP contribution in [0.5, 0.6) is 0 Å². The topological polar surface area (TPSA) is 86.7 Å². The van der Waals surface area contributed by atoms with Gasteiger partial charge in [0, 0.05) is 12.6 Å². The van der Waals surface area contributed by atoms with Crippen molar-refractivity contribution in [2.75, 3.05) is 0 Å². The highest BCUT2D eigenvalue weighted by Crippen LogP contribution is 2.11. The molecule has 100 valence electrons. The first-order valence-corrected chi connectivity index (χ1v) is 6.83. The summed E-state index contributed by atoms with van der Waals surface area (Å²) in [6.45, 7) is 3.50. The Hall–Kier alpha value is -1.60. The number of hydrogen-bond donors (Lipinski definition) is 2. The molecule has 1 aromatic carbocycles. The summed E-state index contributed by atoms with van der Waals surface area (Å²) in [4.78, 5) is 10.5. The van der Waals surface area contributed by atoms with Crippen molar-refractivity contribution in [2.24, 2.45) is 0 Å². The molecule has 0 radical (unpaired) electrons. The van der Waals surface area contributed by atoms with E-state index in [4.69, 9.17) is 5.11 Å². The Kier molecular flexibility index (Phi) is 4.69. The molecule has 0 bridgehead atoms. The van der Waals surface area contributed by atoms with E-state index in [0.717, 1.165) is 9.87 Å². The van der Waals surface area contributed by atoms with Crippen LogP contribution in [-0.2, 0) is 16.8 Å². The van der Waals surface area contributed by atoms with Crippen molar-refractivity contribution in [3.05, 3.63) is 35.9 Å². The number of amides is 1. The summed E-state index contributed by atoms with van der Waals surface area (Å²) in [5.41, 5.74) is 0.793. The normalized spacial score (nSPS) is 11.8. The molecule has 0 saturated heterocycles. The molecule has 0 heterocycles. The summed E-state index contributed by atoms with van der Waals surface area (Å²) < 4.78 is 26.3. The van der Waals surface area contributed by atoms with E-state index in [2.05, 4.69) is 0 Å². The van der Waals surface area contributed by atoms with E-state index in [9.17, 15) is 13.2 Å². The van der Waals surface area contributed by atoms with E-state index in [1.807, 2.05) is 6.07 Å². The monoisotopic (exact) mass is 272 g/mol. The molecule has 1 amide bonds. The third-order valence-electron chi connectivity index (χ3n) is 2.28. The number of benzene rings is 1. The molecule has 18 heavy (non-hydrogen) atoms. The van der Waals surface area contributed by atoms with Gasteiger partial charge in [-0.1, -0.05) is 30.3 Å². The van der Waals surface area contributed by atoms with Gasteiger partial charge >= 0.3 is 16.3 Å². The van der Waals surface area contributed by atoms with Crippen LogP contribution in [0.2, 0.25) is 0 Å². The number of hydrogen-bond acceptors (Lipinski definition) is 3. The lowest BCUT2D eigenvalue weighted by Crippen LogP contribution is -2.45. The molecule has 0 aliphatic carbocycles. The molecule has 0 spiro atoms. The highest BCUT2D eigenvalue weighted by molar-refractivity contribution is 7.87. The average molecular weight is 272 g/mol. The number of nitrogens with zero attached hydrogens (tertiary/aromatic N) is 1. The second-order valence-corrected chi connectivity index (χ2v) is 5.66. The first-order chi connectivity index (χ1) is 8.33. The van der Waals surface area contributed by atoms with Crippen molar-refractivity contribution in [1.29, 1.82) is 0 Å². The maximum Gasteiger partial charge on any atom is 0.419 e. The highest BCUT2D eigenvalue weighted by atomic mass is 32.2. The molecule has 7 heteroatoms. The predicted octanol–water partition coefficient (Wildman–Crippen LogP) is 1.41. The summed E-state index contributed by atoms with van der Waals surface area (Å²) in [7, 11) is -4.04. The van der Waals surface area contributed by atoms with E-state index in [0.29, 0.717) is 0 Å². The van der Waals surface area contributed by atoms with E-state index in [1.54, 1.807) is 38.1 Å². The number of nitrogens with one attached hydrogen (secondary N) is 1. The molecule has 0 aliphatic heterocycles. The van der Waals surface area contributed by atoms with Gasteiger partial charge in [-0.3, -0.25) is 0 Å². The summed E-state index contributed by atoms with van der Waals surface area (Å²) in [6, 6.07) is 8.64. The lowest BCUT2D eigenvalue weighted by atomic mass is 10.2. The molecule has 1 aromatic rings. The van der Waals surface area contributed by atoms with Gasteiger partial charge in [-0.05, 0) is 19.4 Å². The van der Waals surface area contributed by atoms with Gasteiger partial charge in [0.05, 0.1) is 0 Å². The highest BCUT2D eigenvalue weighted by Gasteiger charge is 2.26. The van der Waals surface area contributed by atoms with Crippen LogP contribution in [0.25, 0.3) is 0 Å². The molecule has 2 N–H and O–H groups in total. The van der Waals surface area contributed by atoms with Gasteiger partial charge in [-0.25, -0.2) is 9.52 Å². The van der Waals surface area contributed by atoms with E-state index < -0.39 is 16.3 Å². The second-order valence-electron chi connectivity index (χ2n) is 4.04. The Morgan fingerprint density at radius 1 is 1.33 bits per heavy atom. The van der Waals surface area contributed by atoms with Crippen molar-refractivity contribution >= 4 is 16.3 Å². The minimum atomic E-state index is -4.04. The zero-order chi connectivity index (χ0) is 13.8. The van der Waals surface area contributed by atoms with Crippen molar-refractivity contribution < 1.29 is 18.3 Å². The molecule has 0 aliphatic rings. The number of carbonyl (C=O) groups is 1. The minimum Gasteiger partial charge on any atom is -0.464 e. The lowest BCUT2D eigenvalue weighted by Gasteiger charge is -2.25. The number of rotatable bonds is 5. The van der Waals surface area contributed by atoms with Gasteiger partial charge in [0.1, 0.15) is 0 Å². The van der Waals surface area contributed by atoms with Crippen LogP contribution in [0.3, 0.4) is 0 Å². The molecule has 0 fully saturated rings. The predicted molar refractivity (Wildman–Crippen MR) is 67.2 cm³/mol. The smallest absolute Gasteiger partial charge is 0.419 e. The van der Waals surface area contributed by atoms with Gasteiger partial charge in [0.25, 0.3) is 0 Å². The Balaban J connectivity index is 2.94. The maximum atomic E-state index is 11.8. The van der Waals surface area contributed by atoms with Gasteiger partial charge in [-0.2, -0.15) is 12.7 Å². The zero-order valence-corrected chi connectivity index (χ0v) is 11.0. The van der Waals surface area contributed by atoms with E-state index in [1.165, 1.54) is 4.72 Å². The first-order valence-electron chi connectivity index (χ1n) is 5.39. The largest absolute Gasteiger partial charge is 0.464 e. The molecule has 6 nitrogen and oxygen atoms in total. The summed E-state index contributed by atoms with van der Waals surface area (Å²) >= 11 is 0. The third kappa shape index (κ3) is 4.01. The zero-order valence-electron chi connectivity index (χ0n) is 10.2. The SMILES string of the molecule is CC(C)N(Cc1ccccc1)S(=O)(=O)NC(=O)O.